The van der Waals surface area contributed by atoms with Crippen molar-refractivity contribution in [2.45, 2.75) is 69.6 Å². The summed E-state index contributed by atoms with van der Waals surface area (Å²) >= 11 is 0. The number of nitrogens with one attached hydrogen (secondary N) is 3. The van der Waals surface area contributed by atoms with Crippen LogP contribution in [-0.2, 0) is 11.0 Å². The van der Waals surface area contributed by atoms with Crippen molar-refractivity contribution in [3.05, 3.63) is 29.8 Å². The van der Waals surface area contributed by atoms with Crippen LogP contribution in [0, 0.1) is 5.92 Å². The Morgan fingerprint density at radius 2 is 1.68 bits per heavy atom. The van der Waals surface area contributed by atoms with Gasteiger partial charge in [-0.2, -0.15) is 13.2 Å². The minimum Gasteiger partial charge on any atom is -0.348 e. The molecule has 5 nitrogen and oxygen atoms in total. The fraction of sp³-hybridized carbons (Fsp3) is 0.600. The van der Waals surface area contributed by atoms with Crippen molar-refractivity contribution in [1.82, 2.24) is 10.6 Å². The molecular formula is C20H26F3N3O2. The van der Waals surface area contributed by atoms with E-state index in [0.717, 1.165) is 50.7 Å². The van der Waals surface area contributed by atoms with Crippen LogP contribution in [0.15, 0.2) is 24.3 Å². The number of carbonyl (C=O) groups is 2. The summed E-state index contributed by atoms with van der Waals surface area (Å²) < 4.78 is 37.8. The summed E-state index contributed by atoms with van der Waals surface area (Å²) in [5.74, 6) is 0.119. The first-order chi connectivity index (χ1) is 13.2. The fourth-order valence-electron chi connectivity index (χ4n) is 3.76. The molecule has 8 heteroatoms. The van der Waals surface area contributed by atoms with Gasteiger partial charge in [0.15, 0.2) is 0 Å². The summed E-state index contributed by atoms with van der Waals surface area (Å²) in [6.45, 7) is 1.83. The van der Waals surface area contributed by atoms with Gasteiger partial charge in [-0.15, -0.1) is 0 Å². The number of benzene rings is 1. The van der Waals surface area contributed by atoms with Gasteiger partial charge in [0.1, 0.15) is 0 Å². The number of anilines is 1. The first kappa shape index (κ1) is 20.5. The molecule has 2 aliphatic rings. The van der Waals surface area contributed by atoms with Crippen molar-refractivity contribution in [2.75, 3.05) is 5.32 Å². The van der Waals surface area contributed by atoms with Crippen LogP contribution in [-0.4, -0.2) is 23.5 Å². The topological polar surface area (TPSA) is 70.2 Å². The second-order valence-corrected chi connectivity index (χ2v) is 7.88. The molecule has 28 heavy (non-hydrogen) atoms. The third-order valence-corrected chi connectivity index (χ3v) is 5.78. The van der Waals surface area contributed by atoms with Gasteiger partial charge >= 0.3 is 12.2 Å². The molecule has 3 amide bonds. The molecule has 0 aromatic heterocycles. The van der Waals surface area contributed by atoms with Crippen molar-refractivity contribution in [3.63, 3.8) is 0 Å². The molecule has 0 spiro atoms. The second-order valence-electron chi connectivity index (χ2n) is 7.88. The molecule has 2 fully saturated rings. The number of rotatable bonds is 5. The molecule has 1 atom stereocenters. The lowest BCUT2D eigenvalue weighted by atomic mass is 9.88. The number of urea groups is 1. The van der Waals surface area contributed by atoms with Gasteiger partial charge in [0.25, 0.3) is 0 Å². The van der Waals surface area contributed by atoms with E-state index in [1.165, 1.54) is 18.6 Å². The lowest BCUT2D eigenvalue weighted by Crippen LogP contribution is -2.54. The summed E-state index contributed by atoms with van der Waals surface area (Å²) in [7, 11) is 0. The van der Waals surface area contributed by atoms with Crippen LogP contribution < -0.4 is 16.0 Å². The lowest BCUT2D eigenvalue weighted by Gasteiger charge is -2.29. The van der Waals surface area contributed by atoms with Gasteiger partial charge in [-0.05, 0) is 56.9 Å². The molecule has 3 N–H and O–H groups in total. The standard InChI is InChI=1S/C20H26F3N3O2/c1-13(19(11-12-19)26-17(27)14-5-3-2-4-6-14)24-18(28)25-16-9-7-15(8-10-16)20(21,22)23/h7-10,13-14H,2-6,11-12H2,1H3,(H,26,27)(H2,24,25,28). The number of alkyl halides is 3. The van der Waals surface area contributed by atoms with Crippen LogP contribution in [0.5, 0.6) is 0 Å². The van der Waals surface area contributed by atoms with E-state index in [9.17, 15) is 22.8 Å². The van der Waals surface area contributed by atoms with Crippen LogP contribution >= 0.6 is 0 Å². The SMILES string of the molecule is CC(NC(=O)Nc1ccc(C(F)(F)F)cc1)C1(NC(=O)C2CCCCC2)CC1. The molecule has 0 heterocycles. The molecule has 2 saturated carbocycles. The largest absolute Gasteiger partial charge is 0.416 e. The second kappa shape index (κ2) is 8.01. The molecule has 0 bridgehead atoms. The molecule has 2 aliphatic carbocycles. The summed E-state index contributed by atoms with van der Waals surface area (Å²) in [6, 6.07) is 3.48. The van der Waals surface area contributed by atoms with Gasteiger partial charge in [0.2, 0.25) is 5.91 Å². The molecule has 1 aromatic rings. The maximum Gasteiger partial charge on any atom is 0.416 e. The molecular weight excluding hydrogens is 371 g/mol. The number of hydrogen-bond acceptors (Lipinski definition) is 2. The van der Waals surface area contributed by atoms with Crippen molar-refractivity contribution in [3.8, 4) is 0 Å². The predicted molar refractivity (Wildman–Crippen MR) is 99.7 cm³/mol. The Bertz CT molecular complexity index is 708. The monoisotopic (exact) mass is 397 g/mol. The van der Waals surface area contributed by atoms with Crippen LogP contribution in [0.3, 0.4) is 0 Å². The quantitative estimate of drug-likeness (QED) is 0.687. The minimum atomic E-state index is -4.41. The van der Waals surface area contributed by atoms with Crippen LogP contribution in [0.4, 0.5) is 23.7 Å². The summed E-state index contributed by atoms with van der Waals surface area (Å²) in [5, 5.41) is 8.46. The molecule has 1 aromatic carbocycles. The Hall–Kier alpha value is -2.25. The van der Waals surface area contributed by atoms with E-state index in [2.05, 4.69) is 16.0 Å². The van der Waals surface area contributed by atoms with E-state index in [-0.39, 0.29) is 23.6 Å². The Morgan fingerprint density at radius 1 is 1.07 bits per heavy atom. The molecule has 0 aliphatic heterocycles. The lowest BCUT2D eigenvalue weighted by molar-refractivity contribution is -0.137. The minimum absolute atomic E-state index is 0.0550. The van der Waals surface area contributed by atoms with E-state index >= 15 is 0 Å². The maximum absolute atomic E-state index is 12.6. The average Bonchev–Trinajstić information content (AvgIpc) is 3.43. The smallest absolute Gasteiger partial charge is 0.348 e. The van der Waals surface area contributed by atoms with Crippen molar-refractivity contribution in [1.29, 1.82) is 0 Å². The molecule has 0 saturated heterocycles. The number of halogens is 3. The van der Waals surface area contributed by atoms with Gasteiger partial charge < -0.3 is 16.0 Å². The Labute approximate surface area is 162 Å². The summed E-state index contributed by atoms with van der Waals surface area (Å²) in [6.07, 6.45) is 2.35. The van der Waals surface area contributed by atoms with E-state index in [1.54, 1.807) is 0 Å². The van der Waals surface area contributed by atoms with Crippen molar-refractivity contribution >= 4 is 17.6 Å². The van der Waals surface area contributed by atoms with Gasteiger partial charge in [-0.1, -0.05) is 19.3 Å². The van der Waals surface area contributed by atoms with Crippen LogP contribution in [0.25, 0.3) is 0 Å². The first-order valence-electron chi connectivity index (χ1n) is 9.76. The number of amides is 3. The van der Waals surface area contributed by atoms with Gasteiger partial charge in [-0.3, -0.25) is 4.79 Å². The van der Waals surface area contributed by atoms with Crippen molar-refractivity contribution in [2.24, 2.45) is 5.92 Å². The summed E-state index contributed by atoms with van der Waals surface area (Å²) in [5.41, 5.74) is -0.922. The van der Waals surface area contributed by atoms with E-state index < -0.39 is 23.3 Å². The molecule has 3 rings (SSSR count). The first-order valence-corrected chi connectivity index (χ1v) is 9.76. The normalized spacial score (nSPS) is 20.1. The van der Waals surface area contributed by atoms with E-state index in [1.807, 2.05) is 6.92 Å². The van der Waals surface area contributed by atoms with Crippen molar-refractivity contribution < 1.29 is 22.8 Å². The number of carbonyl (C=O) groups excluding carboxylic acids is 2. The fourth-order valence-corrected chi connectivity index (χ4v) is 3.76. The Kier molecular flexibility index (Phi) is 5.86. The Morgan fingerprint density at radius 3 is 2.21 bits per heavy atom. The van der Waals surface area contributed by atoms with E-state index in [4.69, 9.17) is 0 Å². The molecule has 154 valence electrons. The van der Waals surface area contributed by atoms with Gasteiger partial charge in [-0.25, -0.2) is 4.79 Å². The average molecular weight is 397 g/mol. The zero-order valence-electron chi connectivity index (χ0n) is 15.9. The summed E-state index contributed by atoms with van der Waals surface area (Å²) in [4.78, 5) is 24.7. The third kappa shape index (κ3) is 4.97. The zero-order chi connectivity index (χ0) is 20.4. The zero-order valence-corrected chi connectivity index (χ0v) is 15.9. The molecule has 1 unspecified atom stereocenters. The highest BCUT2D eigenvalue weighted by molar-refractivity contribution is 5.89. The molecule has 0 radical (unpaired) electrons. The van der Waals surface area contributed by atoms with E-state index in [0.29, 0.717) is 0 Å². The highest BCUT2D eigenvalue weighted by Gasteiger charge is 2.50. The number of hydrogen-bond donors (Lipinski definition) is 3. The van der Waals surface area contributed by atoms with Gasteiger partial charge in [0, 0.05) is 11.6 Å². The predicted octanol–water partition coefficient (Wildman–Crippen LogP) is 4.44. The van der Waals surface area contributed by atoms with Crippen LogP contribution in [0.2, 0.25) is 0 Å². The van der Waals surface area contributed by atoms with Crippen LogP contribution in [0.1, 0.15) is 57.4 Å². The maximum atomic E-state index is 12.6. The Balaban J connectivity index is 1.51. The highest BCUT2D eigenvalue weighted by Crippen LogP contribution is 2.39. The van der Waals surface area contributed by atoms with Gasteiger partial charge in [0.05, 0.1) is 17.1 Å². The highest BCUT2D eigenvalue weighted by atomic mass is 19.4. The third-order valence-electron chi connectivity index (χ3n) is 5.78.